The summed E-state index contributed by atoms with van der Waals surface area (Å²) in [5.74, 6) is -0.206. The lowest BCUT2D eigenvalue weighted by molar-refractivity contribution is -0.123. The van der Waals surface area contributed by atoms with Gasteiger partial charge in [-0.2, -0.15) is 0 Å². The van der Waals surface area contributed by atoms with E-state index in [9.17, 15) is 14.7 Å². The van der Waals surface area contributed by atoms with Crippen molar-refractivity contribution in [3.63, 3.8) is 0 Å². The maximum absolute atomic E-state index is 11.8. The molecule has 1 fully saturated rings. The van der Waals surface area contributed by atoms with E-state index >= 15 is 0 Å². The molecule has 2 N–H and O–H groups in total. The Labute approximate surface area is 112 Å². The molecular weight excluding hydrogens is 244 g/mol. The van der Waals surface area contributed by atoms with Crippen molar-refractivity contribution >= 4 is 17.4 Å². The summed E-state index contributed by atoms with van der Waals surface area (Å²) in [7, 11) is 0. The lowest BCUT2D eigenvalue weighted by Gasteiger charge is -2.36. The molecule has 0 radical (unpaired) electrons. The van der Waals surface area contributed by atoms with Gasteiger partial charge >= 0.3 is 0 Å². The average Bonchev–Trinajstić information content (AvgIpc) is 2.37. The van der Waals surface area contributed by atoms with Crippen LogP contribution >= 0.6 is 0 Å². The van der Waals surface area contributed by atoms with Crippen LogP contribution < -0.4 is 10.2 Å². The van der Waals surface area contributed by atoms with E-state index in [0.29, 0.717) is 25.1 Å². The Bertz CT molecular complexity index is 513. The monoisotopic (exact) mass is 262 g/mol. The normalized spacial score (nSPS) is 19.2. The minimum absolute atomic E-state index is 0.00360. The van der Waals surface area contributed by atoms with Gasteiger partial charge in [0, 0.05) is 24.8 Å². The van der Waals surface area contributed by atoms with E-state index in [-0.39, 0.29) is 23.5 Å². The molecule has 1 amide bonds. The first-order valence-electron chi connectivity index (χ1n) is 6.43. The van der Waals surface area contributed by atoms with Crippen LogP contribution in [-0.2, 0) is 4.79 Å². The molecule has 0 bridgehead atoms. The second kappa shape index (κ2) is 5.30. The van der Waals surface area contributed by atoms with Crippen LogP contribution in [0.5, 0.6) is 5.75 Å². The minimum Gasteiger partial charge on any atom is -0.507 e. The number of rotatable bonds is 3. The molecule has 1 aliphatic heterocycles. The van der Waals surface area contributed by atoms with Crippen LogP contribution in [0, 0.1) is 0 Å². The van der Waals surface area contributed by atoms with E-state index in [1.165, 1.54) is 6.92 Å². The molecule has 0 aromatic heterocycles. The Morgan fingerprint density at radius 2 is 2.26 bits per heavy atom. The smallest absolute Gasteiger partial charge is 0.242 e. The highest BCUT2D eigenvalue weighted by Gasteiger charge is 2.28. The van der Waals surface area contributed by atoms with Crippen molar-refractivity contribution in [2.75, 3.05) is 18.0 Å². The fourth-order valence-electron chi connectivity index (χ4n) is 2.43. The molecular formula is C14H18N2O3. The predicted molar refractivity (Wildman–Crippen MR) is 72.5 cm³/mol. The molecule has 5 heteroatoms. The van der Waals surface area contributed by atoms with Crippen LogP contribution in [0.1, 0.15) is 30.6 Å². The second-order valence-corrected chi connectivity index (χ2v) is 4.67. The van der Waals surface area contributed by atoms with Crippen LogP contribution in [0.4, 0.5) is 5.69 Å². The number of benzene rings is 1. The molecule has 5 nitrogen and oxygen atoms in total. The molecule has 1 aliphatic rings. The number of anilines is 1. The Morgan fingerprint density at radius 3 is 2.84 bits per heavy atom. The van der Waals surface area contributed by atoms with Crippen molar-refractivity contribution < 1.29 is 14.7 Å². The van der Waals surface area contributed by atoms with Crippen molar-refractivity contribution in [2.45, 2.75) is 26.3 Å². The van der Waals surface area contributed by atoms with E-state index in [4.69, 9.17) is 0 Å². The van der Waals surface area contributed by atoms with Gasteiger partial charge < -0.3 is 15.3 Å². The van der Waals surface area contributed by atoms with E-state index in [0.717, 1.165) is 5.69 Å². The highest BCUT2D eigenvalue weighted by Crippen LogP contribution is 2.27. The van der Waals surface area contributed by atoms with Gasteiger partial charge in [0.25, 0.3) is 0 Å². The van der Waals surface area contributed by atoms with Crippen molar-refractivity contribution in [3.05, 3.63) is 23.8 Å². The zero-order chi connectivity index (χ0) is 14.0. The summed E-state index contributed by atoms with van der Waals surface area (Å²) in [6.45, 7) is 4.65. The summed E-state index contributed by atoms with van der Waals surface area (Å²) >= 11 is 0. The quantitative estimate of drug-likeness (QED) is 0.806. The number of amides is 1. The number of ketones is 1. The number of carbonyl (C=O) groups is 2. The Hall–Kier alpha value is -2.04. The first-order valence-corrected chi connectivity index (χ1v) is 6.43. The number of nitrogens with zero attached hydrogens (tertiary/aromatic N) is 1. The average molecular weight is 262 g/mol. The molecule has 1 saturated heterocycles. The molecule has 0 saturated carbocycles. The van der Waals surface area contributed by atoms with Crippen molar-refractivity contribution in [1.29, 1.82) is 0 Å². The number of phenols is 1. The molecule has 0 aliphatic carbocycles. The second-order valence-electron chi connectivity index (χ2n) is 4.67. The fourth-order valence-corrected chi connectivity index (χ4v) is 2.43. The number of phenolic OH excluding ortho intramolecular Hbond substituents is 1. The number of hydrogen-bond donors (Lipinski definition) is 2. The van der Waals surface area contributed by atoms with Gasteiger partial charge in [-0.1, -0.05) is 6.92 Å². The third-order valence-corrected chi connectivity index (χ3v) is 3.41. The predicted octanol–water partition coefficient (Wildman–Crippen LogP) is 1.31. The first kappa shape index (κ1) is 13.4. The van der Waals surface area contributed by atoms with Gasteiger partial charge in [0.05, 0.1) is 5.56 Å². The van der Waals surface area contributed by atoms with E-state index in [2.05, 4.69) is 5.32 Å². The van der Waals surface area contributed by atoms with E-state index in [1.807, 2.05) is 11.8 Å². The van der Waals surface area contributed by atoms with Gasteiger partial charge in [0.1, 0.15) is 11.8 Å². The Balaban J connectivity index is 2.33. The summed E-state index contributed by atoms with van der Waals surface area (Å²) in [5, 5.41) is 12.7. The maximum Gasteiger partial charge on any atom is 0.242 e. The molecule has 1 unspecified atom stereocenters. The van der Waals surface area contributed by atoms with Crippen molar-refractivity contribution in [1.82, 2.24) is 5.32 Å². The first-order chi connectivity index (χ1) is 9.04. The molecule has 2 rings (SSSR count). The van der Waals surface area contributed by atoms with Crippen LogP contribution in [0.2, 0.25) is 0 Å². The molecule has 102 valence electrons. The number of piperazine rings is 1. The summed E-state index contributed by atoms with van der Waals surface area (Å²) in [6, 6.07) is 4.71. The van der Waals surface area contributed by atoms with Crippen molar-refractivity contribution in [2.24, 2.45) is 0 Å². The van der Waals surface area contributed by atoms with E-state index in [1.54, 1.807) is 18.2 Å². The topological polar surface area (TPSA) is 69.6 Å². The number of carbonyl (C=O) groups excluding carboxylic acids is 2. The highest BCUT2D eigenvalue weighted by atomic mass is 16.3. The molecule has 1 aromatic carbocycles. The maximum atomic E-state index is 11.8. The zero-order valence-electron chi connectivity index (χ0n) is 11.1. The fraction of sp³-hybridized carbons (Fsp3) is 0.429. The van der Waals surface area contributed by atoms with Crippen LogP contribution in [0.3, 0.4) is 0 Å². The number of hydrogen-bond acceptors (Lipinski definition) is 4. The molecule has 19 heavy (non-hydrogen) atoms. The van der Waals surface area contributed by atoms with Gasteiger partial charge in [0.2, 0.25) is 5.91 Å². The van der Waals surface area contributed by atoms with Crippen LogP contribution in [0.25, 0.3) is 0 Å². The Kier molecular flexibility index (Phi) is 3.74. The van der Waals surface area contributed by atoms with Crippen LogP contribution in [0.15, 0.2) is 18.2 Å². The van der Waals surface area contributed by atoms with Crippen LogP contribution in [-0.4, -0.2) is 35.9 Å². The number of aromatic hydroxyl groups is 1. The third kappa shape index (κ3) is 2.54. The van der Waals surface area contributed by atoms with E-state index < -0.39 is 0 Å². The van der Waals surface area contributed by atoms with Crippen molar-refractivity contribution in [3.8, 4) is 5.75 Å². The lowest BCUT2D eigenvalue weighted by atomic mass is 10.1. The summed E-state index contributed by atoms with van der Waals surface area (Å²) < 4.78 is 0. The van der Waals surface area contributed by atoms with Gasteiger partial charge in [-0.05, 0) is 25.5 Å². The minimum atomic E-state index is -0.226. The molecule has 1 aromatic rings. The highest BCUT2D eigenvalue weighted by molar-refractivity contribution is 5.97. The number of Topliss-reactive ketones (excluding diaryl/α,β-unsaturated/α-hetero) is 1. The molecule has 1 atom stereocenters. The van der Waals surface area contributed by atoms with Gasteiger partial charge in [-0.25, -0.2) is 0 Å². The standard InChI is InChI=1S/C14H18N2O3/c1-3-12-14(19)15-6-7-16(12)10-4-5-11(9(2)17)13(18)8-10/h4-5,8,12,18H,3,6-7H2,1-2H3,(H,15,19). The van der Waals surface area contributed by atoms with Gasteiger partial charge in [-0.3, -0.25) is 9.59 Å². The summed E-state index contributed by atoms with van der Waals surface area (Å²) in [6.07, 6.45) is 0.695. The molecule has 0 spiro atoms. The lowest BCUT2D eigenvalue weighted by Crippen LogP contribution is -2.55. The number of nitrogens with one attached hydrogen (secondary N) is 1. The molecule has 1 heterocycles. The summed E-state index contributed by atoms with van der Waals surface area (Å²) in [5.41, 5.74) is 1.07. The van der Waals surface area contributed by atoms with Gasteiger partial charge in [-0.15, -0.1) is 0 Å². The largest absolute Gasteiger partial charge is 0.507 e. The SMILES string of the molecule is CCC1C(=O)NCCN1c1ccc(C(C)=O)c(O)c1. The third-order valence-electron chi connectivity index (χ3n) is 3.41. The summed E-state index contributed by atoms with van der Waals surface area (Å²) in [4.78, 5) is 25.0. The van der Waals surface area contributed by atoms with Gasteiger partial charge in [0.15, 0.2) is 5.78 Å². The zero-order valence-corrected chi connectivity index (χ0v) is 11.1. The Morgan fingerprint density at radius 1 is 1.53 bits per heavy atom.